The van der Waals surface area contributed by atoms with Crippen molar-refractivity contribution in [2.24, 2.45) is 16.7 Å². The van der Waals surface area contributed by atoms with Crippen LogP contribution >= 0.6 is 11.6 Å². The Hall–Kier alpha value is -0.500. The van der Waals surface area contributed by atoms with Gasteiger partial charge in [0.25, 0.3) is 0 Å². The summed E-state index contributed by atoms with van der Waals surface area (Å²) in [6.45, 7) is 5.02. The average molecular weight is 279 g/mol. The Morgan fingerprint density at radius 2 is 1.89 bits per heavy atom. The summed E-state index contributed by atoms with van der Waals surface area (Å²) >= 11 is 5.93. The number of nitrogens with zero attached hydrogens (tertiary/aromatic N) is 1. The first-order valence-electron chi connectivity index (χ1n) is 7.55. The highest BCUT2D eigenvalue weighted by Crippen LogP contribution is 2.69. The van der Waals surface area contributed by atoms with E-state index in [2.05, 4.69) is 18.8 Å². The number of alkyl halides is 1. The van der Waals surface area contributed by atoms with Crippen molar-refractivity contribution in [3.63, 3.8) is 0 Å². The van der Waals surface area contributed by atoms with Crippen LogP contribution in [0.15, 0.2) is 6.20 Å². The third-order valence-corrected chi connectivity index (χ3v) is 6.19. The Balaban J connectivity index is 1.78. The fraction of sp³-hybridized carbons (Fsp3) is 0.812. The van der Waals surface area contributed by atoms with Crippen LogP contribution in [0.5, 0.6) is 0 Å². The van der Waals surface area contributed by atoms with Crippen LogP contribution in [0.25, 0.3) is 0 Å². The molecule has 2 unspecified atom stereocenters. The van der Waals surface area contributed by atoms with Crippen molar-refractivity contribution < 1.29 is 0 Å². The summed E-state index contributed by atoms with van der Waals surface area (Å²) in [5.74, 6) is 2.68. The molecule has 0 spiro atoms. The molecular weight excluding hydrogens is 256 g/mol. The van der Waals surface area contributed by atoms with Crippen LogP contribution in [-0.2, 0) is 11.3 Å². The third-order valence-electron chi connectivity index (χ3n) is 5.90. The largest absolute Gasteiger partial charge is 0.344 e. The normalized spacial score (nSPS) is 47.8. The fourth-order valence-corrected chi connectivity index (χ4v) is 6.54. The molecule has 4 aliphatic carbocycles. The second kappa shape index (κ2) is 3.58. The molecule has 1 heterocycles. The van der Waals surface area contributed by atoms with Crippen LogP contribution in [0.4, 0.5) is 0 Å². The van der Waals surface area contributed by atoms with Crippen molar-refractivity contribution in [2.45, 2.75) is 63.7 Å². The quantitative estimate of drug-likeness (QED) is 0.798. The lowest BCUT2D eigenvalue weighted by molar-refractivity contribution is -0.112. The highest BCUT2D eigenvalue weighted by Gasteiger charge is 2.61. The Labute approximate surface area is 120 Å². The minimum absolute atomic E-state index is 0.313. The first-order valence-corrected chi connectivity index (χ1v) is 8.08. The number of hydrogen-bond donors (Lipinski definition) is 1. The van der Waals surface area contributed by atoms with Gasteiger partial charge in [0.2, 0.25) is 0 Å². The predicted octanol–water partition coefficient (Wildman–Crippen LogP) is 4.40. The van der Waals surface area contributed by atoms with Crippen LogP contribution < -0.4 is 0 Å². The van der Waals surface area contributed by atoms with Crippen molar-refractivity contribution in [3.8, 4) is 0 Å². The smallest absolute Gasteiger partial charge is 0.112 e. The Kier molecular flexibility index (Phi) is 2.31. The van der Waals surface area contributed by atoms with E-state index >= 15 is 0 Å². The molecule has 104 valence electrons. The van der Waals surface area contributed by atoms with Crippen LogP contribution in [0.2, 0.25) is 0 Å². The molecule has 2 atom stereocenters. The maximum atomic E-state index is 5.93. The summed E-state index contributed by atoms with van der Waals surface area (Å²) in [5, 5.41) is 0. The highest BCUT2D eigenvalue weighted by molar-refractivity contribution is 6.16. The summed E-state index contributed by atoms with van der Waals surface area (Å²) in [5.41, 5.74) is 2.47. The second-order valence-corrected chi connectivity index (χ2v) is 8.57. The zero-order valence-electron chi connectivity index (χ0n) is 11.9. The van der Waals surface area contributed by atoms with Gasteiger partial charge in [0.15, 0.2) is 0 Å². The van der Waals surface area contributed by atoms with Gasteiger partial charge in [0, 0.05) is 17.3 Å². The Morgan fingerprint density at radius 3 is 2.42 bits per heavy atom. The summed E-state index contributed by atoms with van der Waals surface area (Å²) in [6, 6.07) is 0. The lowest BCUT2D eigenvalue weighted by Gasteiger charge is -2.64. The Morgan fingerprint density at radius 1 is 1.21 bits per heavy atom. The van der Waals surface area contributed by atoms with Gasteiger partial charge in [0.1, 0.15) is 5.82 Å². The second-order valence-electron chi connectivity index (χ2n) is 8.30. The molecule has 5 rings (SSSR count). The molecule has 1 aromatic rings. The standard InChI is InChI=1S/C16H23ClN2/c1-14-3-11-4-15(2,8-14)10-16(5-11,9-14)13-18-7-12(6-17)19-13/h7,11H,3-6,8-10H2,1-2H3,(H,18,19). The molecule has 0 saturated heterocycles. The maximum Gasteiger partial charge on any atom is 0.112 e. The number of rotatable bonds is 2. The molecular formula is C16H23ClN2. The minimum Gasteiger partial charge on any atom is -0.344 e. The molecule has 4 bridgehead atoms. The molecule has 4 fully saturated rings. The van der Waals surface area contributed by atoms with Crippen molar-refractivity contribution in [2.75, 3.05) is 0 Å². The number of aromatic nitrogens is 2. The first kappa shape index (κ1) is 12.3. The SMILES string of the molecule is CC12CC3CC(C)(C1)CC(c1ncc(CCl)[nH]1)(C3)C2. The van der Waals surface area contributed by atoms with Crippen molar-refractivity contribution in [1.29, 1.82) is 0 Å². The maximum absolute atomic E-state index is 5.93. The third kappa shape index (κ3) is 1.72. The average Bonchev–Trinajstić information content (AvgIpc) is 2.72. The molecule has 1 aromatic heterocycles. The van der Waals surface area contributed by atoms with Crippen molar-refractivity contribution >= 4 is 11.6 Å². The van der Waals surface area contributed by atoms with Gasteiger partial charge in [-0.05, 0) is 55.3 Å². The van der Waals surface area contributed by atoms with Crippen LogP contribution in [0.1, 0.15) is 63.9 Å². The monoisotopic (exact) mass is 278 g/mol. The number of hydrogen-bond acceptors (Lipinski definition) is 1. The van der Waals surface area contributed by atoms with E-state index in [0.717, 1.165) is 11.6 Å². The van der Waals surface area contributed by atoms with Gasteiger partial charge in [-0.25, -0.2) is 4.98 Å². The van der Waals surface area contributed by atoms with Crippen molar-refractivity contribution in [1.82, 2.24) is 9.97 Å². The zero-order valence-corrected chi connectivity index (χ0v) is 12.7. The van der Waals surface area contributed by atoms with Gasteiger partial charge < -0.3 is 4.98 Å². The van der Waals surface area contributed by atoms with Crippen LogP contribution in [-0.4, -0.2) is 9.97 Å². The molecule has 2 nitrogen and oxygen atoms in total. The Bertz CT molecular complexity index is 503. The van der Waals surface area contributed by atoms with E-state index in [1.54, 1.807) is 0 Å². The molecule has 0 radical (unpaired) electrons. The van der Waals surface area contributed by atoms with E-state index < -0.39 is 0 Å². The molecule has 19 heavy (non-hydrogen) atoms. The van der Waals surface area contributed by atoms with Gasteiger partial charge in [-0.15, -0.1) is 11.6 Å². The van der Waals surface area contributed by atoms with Gasteiger partial charge in [-0.1, -0.05) is 13.8 Å². The summed E-state index contributed by atoms with van der Waals surface area (Å²) in [4.78, 5) is 8.21. The number of halogens is 1. The minimum atomic E-state index is 0.313. The number of aromatic amines is 1. The van der Waals surface area contributed by atoms with Crippen LogP contribution in [0, 0.1) is 16.7 Å². The molecule has 0 aromatic carbocycles. The van der Waals surface area contributed by atoms with E-state index in [-0.39, 0.29) is 0 Å². The number of imidazole rings is 1. The zero-order chi connectivity index (χ0) is 13.3. The molecule has 3 heteroatoms. The lowest BCUT2D eigenvalue weighted by atomic mass is 9.40. The molecule has 4 aliphatic rings. The summed E-state index contributed by atoms with van der Waals surface area (Å²) in [6.07, 6.45) is 10.2. The van der Waals surface area contributed by atoms with Crippen molar-refractivity contribution in [3.05, 3.63) is 17.7 Å². The molecule has 4 saturated carbocycles. The topological polar surface area (TPSA) is 28.7 Å². The predicted molar refractivity (Wildman–Crippen MR) is 77.2 cm³/mol. The summed E-state index contributed by atoms with van der Waals surface area (Å²) in [7, 11) is 0. The number of H-pyrrole nitrogens is 1. The van der Waals surface area contributed by atoms with E-state index in [0.29, 0.717) is 22.1 Å². The van der Waals surface area contributed by atoms with E-state index in [1.807, 2.05) is 6.20 Å². The van der Waals surface area contributed by atoms with E-state index in [1.165, 1.54) is 44.3 Å². The molecule has 1 N–H and O–H groups in total. The van der Waals surface area contributed by atoms with Gasteiger partial charge in [-0.3, -0.25) is 0 Å². The lowest BCUT2D eigenvalue weighted by Crippen LogP contribution is -2.57. The summed E-state index contributed by atoms with van der Waals surface area (Å²) < 4.78 is 0. The fourth-order valence-electron chi connectivity index (χ4n) is 6.41. The number of nitrogens with one attached hydrogen (secondary N) is 1. The van der Waals surface area contributed by atoms with E-state index in [4.69, 9.17) is 16.6 Å². The molecule has 0 aliphatic heterocycles. The van der Waals surface area contributed by atoms with Gasteiger partial charge in [0.05, 0.1) is 5.88 Å². The van der Waals surface area contributed by atoms with Crippen LogP contribution in [0.3, 0.4) is 0 Å². The first-order chi connectivity index (χ1) is 8.94. The van der Waals surface area contributed by atoms with Gasteiger partial charge >= 0.3 is 0 Å². The van der Waals surface area contributed by atoms with E-state index in [9.17, 15) is 0 Å². The highest BCUT2D eigenvalue weighted by atomic mass is 35.5. The van der Waals surface area contributed by atoms with Gasteiger partial charge in [-0.2, -0.15) is 0 Å². The molecule has 0 amide bonds.